The fourth-order valence-electron chi connectivity index (χ4n) is 3.20. The van der Waals surface area contributed by atoms with E-state index in [9.17, 15) is 0 Å². The van der Waals surface area contributed by atoms with Gasteiger partial charge in [-0.1, -0.05) is 0 Å². The van der Waals surface area contributed by atoms with Gasteiger partial charge >= 0.3 is 0 Å². The quantitative estimate of drug-likeness (QED) is 0.838. The van der Waals surface area contributed by atoms with Gasteiger partial charge in [0.25, 0.3) is 0 Å². The van der Waals surface area contributed by atoms with E-state index < -0.39 is 0 Å². The molecule has 3 heteroatoms. The summed E-state index contributed by atoms with van der Waals surface area (Å²) in [6, 6.07) is 0. The van der Waals surface area contributed by atoms with Crippen molar-refractivity contribution >= 4 is 0 Å². The van der Waals surface area contributed by atoms with Gasteiger partial charge in [-0.25, -0.2) is 0 Å². The van der Waals surface area contributed by atoms with Crippen LogP contribution in [-0.2, 0) is 13.5 Å². The third kappa shape index (κ3) is 1.88. The van der Waals surface area contributed by atoms with Gasteiger partial charge in [0.1, 0.15) is 0 Å². The van der Waals surface area contributed by atoms with E-state index in [4.69, 9.17) is 0 Å². The number of nitrogens with zero attached hydrogens (tertiary/aromatic N) is 2. The van der Waals surface area contributed by atoms with E-state index in [0.29, 0.717) is 5.54 Å². The summed E-state index contributed by atoms with van der Waals surface area (Å²) < 4.78 is 1.90. The van der Waals surface area contributed by atoms with E-state index in [2.05, 4.69) is 16.6 Å². The average molecular weight is 219 g/mol. The molecule has 16 heavy (non-hydrogen) atoms. The van der Waals surface area contributed by atoms with Crippen LogP contribution in [0.15, 0.2) is 12.4 Å². The number of rotatable bonds is 4. The minimum atomic E-state index is 0.482. The highest BCUT2D eigenvalue weighted by Crippen LogP contribution is 2.46. The predicted molar refractivity (Wildman–Crippen MR) is 64.2 cm³/mol. The third-order valence-corrected chi connectivity index (χ3v) is 4.25. The van der Waals surface area contributed by atoms with Crippen LogP contribution in [0.3, 0.4) is 0 Å². The highest BCUT2D eigenvalue weighted by Gasteiger charge is 2.45. The van der Waals surface area contributed by atoms with Crippen LogP contribution in [0, 0.1) is 5.92 Å². The SMILES string of the molecule is Cn1cc(CCC2(C3CC3)CCCN2)cn1. The minimum absolute atomic E-state index is 0.482. The lowest BCUT2D eigenvalue weighted by atomic mass is 9.85. The second-order valence-corrected chi connectivity index (χ2v) is 5.48. The van der Waals surface area contributed by atoms with Gasteiger partial charge in [-0.3, -0.25) is 4.68 Å². The Labute approximate surface area is 97.2 Å². The summed E-state index contributed by atoms with van der Waals surface area (Å²) in [4.78, 5) is 0. The number of nitrogens with one attached hydrogen (secondary N) is 1. The van der Waals surface area contributed by atoms with Gasteiger partial charge < -0.3 is 5.32 Å². The lowest BCUT2D eigenvalue weighted by Crippen LogP contribution is -2.42. The van der Waals surface area contributed by atoms with Crippen molar-refractivity contribution in [2.45, 2.75) is 44.1 Å². The molecule has 1 N–H and O–H groups in total. The monoisotopic (exact) mass is 219 g/mol. The summed E-state index contributed by atoms with van der Waals surface area (Å²) in [5, 5.41) is 8.02. The van der Waals surface area contributed by atoms with Gasteiger partial charge in [0.15, 0.2) is 0 Å². The van der Waals surface area contributed by atoms with Crippen molar-refractivity contribution in [3.63, 3.8) is 0 Å². The van der Waals surface area contributed by atoms with Crippen molar-refractivity contribution in [2.75, 3.05) is 6.54 Å². The molecule has 1 aliphatic carbocycles. The molecule has 0 spiro atoms. The Morgan fingerprint density at radius 2 is 2.44 bits per heavy atom. The Kier molecular flexibility index (Phi) is 2.51. The van der Waals surface area contributed by atoms with Gasteiger partial charge in [-0.2, -0.15) is 5.10 Å². The second-order valence-electron chi connectivity index (χ2n) is 5.48. The van der Waals surface area contributed by atoms with Gasteiger partial charge in [-0.15, -0.1) is 0 Å². The first kappa shape index (κ1) is 10.3. The van der Waals surface area contributed by atoms with E-state index in [0.717, 1.165) is 5.92 Å². The molecule has 0 amide bonds. The van der Waals surface area contributed by atoms with Crippen LogP contribution in [0.4, 0.5) is 0 Å². The number of hydrogen-bond acceptors (Lipinski definition) is 2. The fraction of sp³-hybridized carbons (Fsp3) is 0.769. The lowest BCUT2D eigenvalue weighted by molar-refractivity contribution is 0.302. The molecule has 3 rings (SSSR count). The zero-order valence-corrected chi connectivity index (χ0v) is 10.1. The first-order chi connectivity index (χ1) is 7.78. The molecule has 1 saturated heterocycles. The van der Waals surface area contributed by atoms with Gasteiger partial charge in [-0.05, 0) is 56.6 Å². The molecular weight excluding hydrogens is 198 g/mol. The minimum Gasteiger partial charge on any atom is -0.311 e. The summed E-state index contributed by atoms with van der Waals surface area (Å²) in [6.07, 6.45) is 12.3. The summed E-state index contributed by atoms with van der Waals surface area (Å²) in [5.41, 5.74) is 1.87. The topological polar surface area (TPSA) is 29.9 Å². The maximum atomic E-state index is 4.24. The largest absolute Gasteiger partial charge is 0.311 e. The zero-order chi connectivity index (χ0) is 11.0. The molecule has 88 valence electrons. The summed E-state index contributed by atoms with van der Waals surface area (Å²) in [7, 11) is 1.99. The van der Waals surface area contributed by atoms with Gasteiger partial charge in [0, 0.05) is 18.8 Å². The summed E-state index contributed by atoms with van der Waals surface area (Å²) >= 11 is 0. The fourth-order valence-corrected chi connectivity index (χ4v) is 3.20. The smallest absolute Gasteiger partial charge is 0.0521 e. The molecule has 2 aliphatic rings. The maximum absolute atomic E-state index is 4.24. The summed E-state index contributed by atoms with van der Waals surface area (Å²) in [5.74, 6) is 0.965. The van der Waals surface area contributed by atoms with E-state index in [1.54, 1.807) is 0 Å². The van der Waals surface area contributed by atoms with E-state index in [1.165, 1.54) is 50.6 Å². The molecule has 0 aromatic carbocycles. The Bertz CT molecular complexity index is 359. The van der Waals surface area contributed by atoms with Gasteiger partial charge in [0.05, 0.1) is 6.20 Å². The first-order valence-electron chi connectivity index (χ1n) is 6.51. The van der Waals surface area contributed by atoms with Crippen LogP contribution in [0.2, 0.25) is 0 Å². The molecule has 2 fully saturated rings. The molecule has 1 aromatic rings. The molecule has 0 bridgehead atoms. The molecule has 3 nitrogen and oxygen atoms in total. The second kappa shape index (κ2) is 3.88. The maximum Gasteiger partial charge on any atom is 0.0521 e. The highest BCUT2D eigenvalue weighted by molar-refractivity contribution is 5.09. The van der Waals surface area contributed by atoms with Crippen molar-refractivity contribution < 1.29 is 0 Å². The number of aryl methyl sites for hydroxylation is 2. The van der Waals surface area contributed by atoms with Crippen LogP contribution in [0.5, 0.6) is 0 Å². The van der Waals surface area contributed by atoms with Crippen molar-refractivity contribution in [1.29, 1.82) is 0 Å². The Hall–Kier alpha value is -0.830. The molecule has 1 unspecified atom stereocenters. The van der Waals surface area contributed by atoms with Crippen LogP contribution in [0.25, 0.3) is 0 Å². The van der Waals surface area contributed by atoms with Crippen molar-refractivity contribution in [3.05, 3.63) is 18.0 Å². The number of hydrogen-bond donors (Lipinski definition) is 1. The first-order valence-corrected chi connectivity index (χ1v) is 6.51. The van der Waals surface area contributed by atoms with E-state index >= 15 is 0 Å². The molecule has 1 saturated carbocycles. The molecule has 1 atom stereocenters. The predicted octanol–water partition coefficient (Wildman–Crippen LogP) is 1.88. The highest BCUT2D eigenvalue weighted by atomic mass is 15.2. The lowest BCUT2D eigenvalue weighted by Gasteiger charge is -2.29. The van der Waals surface area contributed by atoms with Crippen LogP contribution < -0.4 is 5.32 Å². The van der Waals surface area contributed by atoms with Crippen LogP contribution in [0.1, 0.15) is 37.7 Å². The van der Waals surface area contributed by atoms with Crippen LogP contribution >= 0.6 is 0 Å². The van der Waals surface area contributed by atoms with E-state index in [1.807, 2.05) is 17.9 Å². The van der Waals surface area contributed by atoms with Crippen molar-refractivity contribution in [1.82, 2.24) is 15.1 Å². The van der Waals surface area contributed by atoms with Crippen LogP contribution in [-0.4, -0.2) is 21.9 Å². The zero-order valence-electron chi connectivity index (χ0n) is 10.1. The Balaban J connectivity index is 1.64. The van der Waals surface area contributed by atoms with Crippen molar-refractivity contribution in [2.24, 2.45) is 13.0 Å². The Morgan fingerprint density at radius 3 is 3.00 bits per heavy atom. The van der Waals surface area contributed by atoms with E-state index in [-0.39, 0.29) is 0 Å². The molecule has 1 aliphatic heterocycles. The molecular formula is C13H21N3. The normalized spacial score (nSPS) is 29.8. The third-order valence-electron chi connectivity index (χ3n) is 4.25. The molecule has 0 radical (unpaired) electrons. The van der Waals surface area contributed by atoms with Crippen molar-refractivity contribution in [3.8, 4) is 0 Å². The number of aromatic nitrogens is 2. The summed E-state index contributed by atoms with van der Waals surface area (Å²) in [6.45, 7) is 1.23. The Morgan fingerprint density at radius 1 is 1.56 bits per heavy atom. The van der Waals surface area contributed by atoms with Gasteiger partial charge in [0.2, 0.25) is 0 Å². The average Bonchev–Trinajstić information content (AvgIpc) is 2.89. The molecule has 1 aromatic heterocycles. The molecule has 2 heterocycles. The standard InChI is InChI=1S/C13H21N3/c1-16-10-11(9-15-16)5-7-13(12-3-4-12)6-2-8-14-13/h9-10,12,14H,2-8H2,1H3.